The van der Waals surface area contributed by atoms with Crippen molar-refractivity contribution in [2.75, 3.05) is 29.9 Å². The number of ether oxygens (including phenoxy) is 1. The Morgan fingerprint density at radius 1 is 1.11 bits per heavy atom. The normalized spacial score (nSPS) is 22.8. The number of aromatic nitrogens is 1. The Morgan fingerprint density at radius 3 is 2.89 bits per heavy atom. The lowest BCUT2D eigenvalue weighted by atomic mass is 10.0. The Bertz CT molecular complexity index is 1200. The number of benzene rings is 2. The van der Waals surface area contributed by atoms with E-state index >= 15 is 0 Å². The maximum Gasteiger partial charge on any atom is 0.253 e. The Kier molecular flexibility index (Phi) is 6.47. The predicted octanol–water partition coefficient (Wildman–Crippen LogP) is 3.76. The third-order valence-electron chi connectivity index (χ3n) is 7.56. The first-order valence-corrected chi connectivity index (χ1v) is 13.0. The summed E-state index contributed by atoms with van der Waals surface area (Å²) in [5, 5.41) is 10.1. The van der Waals surface area contributed by atoms with Crippen molar-refractivity contribution in [1.82, 2.24) is 15.6 Å². The fourth-order valence-electron chi connectivity index (χ4n) is 5.55. The molecule has 2 unspecified atom stereocenters. The summed E-state index contributed by atoms with van der Waals surface area (Å²) < 4.78 is 6.13. The van der Waals surface area contributed by atoms with Gasteiger partial charge in [0, 0.05) is 49.7 Å². The van der Waals surface area contributed by atoms with Crippen LogP contribution in [0.5, 0.6) is 5.75 Å². The van der Waals surface area contributed by atoms with Gasteiger partial charge in [-0.2, -0.15) is 0 Å². The predicted molar refractivity (Wildman–Crippen MR) is 142 cm³/mol. The second-order valence-electron chi connectivity index (χ2n) is 10.1. The quantitative estimate of drug-likeness (QED) is 0.496. The number of hydrogen-bond donors (Lipinski definition) is 3. The molecule has 3 N–H and O–H groups in total. The summed E-state index contributed by atoms with van der Waals surface area (Å²) in [4.78, 5) is 19.8. The number of fused-ring (bicyclic) bond motifs is 5. The van der Waals surface area contributed by atoms with Crippen LogP contribution in [0.2, 0.25) is 0 Å². The van der Waals surface area contributed by atoms with Crippen molar-refractivity contribution in [1.29, 1.82) is 0 Å². The van der Waals surface area contributed by atoms with Gasteiger partial charge in [-0.15, -0.1) is 0 Å². The minimum Gasteiger partial charge on any atom is -0.491 e. The molecule has 36 heavy (non-hydrogen) atoms. The van der Waals surface area contributed by atoms with E-state index < -0.39 is 0 Å². The second kappa shape index (κ2) is 10.2. The van der Waals surface area contributed by atoms with Gasteiger partial charge in [0.25, 0.3) is 5.91 Å². The molecule has 0 spiro atoms. The maximum atomic E-state index is 12.8. The highest BCUT2D eigenvalue weighted by atomic mass is 16.5. The van der Waals surface area contributed by atoms with Gasteiger partial charge in [0.15, 0.2) is 0 Å². The molecule has 4 aliphatic heterocycles. The number of pyridine rings is 1. The molecule has 7 nitrogen and oxygen atoms in total. The third-order valence-corrected chi connectivity index (χ3v) is 7.56. The molecule has 3 saturated heterocycles. The van der Waals surface area contributed by atoms with E-state index in [1.165, 1.54) is 30.5 Å². The first-order chi connectivity index (χ1) is 17.7. The molecule has 7 rings (SSSR count). The van der Waals surface area contributed by atoms with Crippen LogP contribution in [0.1, 0.15) is 40.7 Å². The number of nitrogens with one attached hydrogen (secondary N) is 3. The number of piperazine rings is 1. The van der Waals surface area contributed by atoms with Gasteiger partial charge in [-0.25, -0.2) is 4.98 Å². The number of rotatable bonds is 6. The lowest BCUT2D eigenvalue weighted by Crippen LogP contribution is -2.54. The van der Waals surface area contributed by atoms with E-state index in [-0.39, 0.29) is 11.9 Å². The van der Waals surface area contributed by atoms with E-state index in [1.54, 1.807) is 6.20 Å². The summed E-state index contributed by atoms with van der Waals surface area (Å²) >= 11 is 0. The van der Waals surface area contributed by atoms with Crippen molar-refractivity contribution in [2.24, 2.45) is 0 Å². The first kappa shape index (κ1) is 22.9. The number of nitrogens with zero attached hydrogens (tertiary/aromatic N) is 2. The van der Waals surface area contributed by atoms with Crippen LogP contribution in [0.4, 0.5) is 11.5 Å². The minimum atomic E-state index is -0.126. The van der Waals surface area contributed by atoms with Gasteiger partial charge in [-0.3, -0.25) is 4.79 Å². The van der Waals surface area contributed by atoms with Crippen LogP contribution >= 0.6 is 0 Å². The minimum absolute atomic E-state index is 0.0647. The standard InChI is InChI=1S/C29H33N5O2/c35-29(22-10-12-28(32-16-22)31-15-20-5-2-1-3-6-20)33-24-13-21-9-11-25(14-27(21)36-19-24)34-18-23-7-4-8-26(34)17-30-23/h1-3,5-6,9-12,14,16,23-24,26,30H,4,7-8,13,15,17-19H2,(H,31,32)(H,33,35)/t23?,24-,26?/m1/s1. The molecule has 2 aromatic carbocycles. The molecule has 5 heterocycles. The van der Waals surface area contributed by atoms with Gasteiger partial charge >= 0.3 is 0 Å². The number of anilines is 2. The van der Waals surface area contributed by atoms with E-state index in [9.17, 15) is 4.79 Å². The summed E-state index contributed by atoms with van der Waals surface area (Å²) in [6, 6.07) is 21.5. The van der Waals surface area contributed by atoms with Crippen LogP contribution in [0.15, 0.2) is 66.9 Å². The van der Waals surface area contributed by atoms with E-state index in [0.29, 0.717) is 30.8 Å². The second-order valence-corrected chi connectivity index (χ2v) is 10.1. The van der Waals surface area contributed by atoms with Crippen molar-refractivity contribution in [2.45, 2.75) is 50.4 Å². The topological polar surface area (TPSA) is 78.5 Å². The Labute approximate surface area is 212 Å². The molecule has 186 valence electrons. The van der Waals surface area contributed by atoms with Crippen molar-refractivity contribution in [3.63, 3.8) is 0 Å². The maximum absolute atomic E-state index is 12.8. The van der Waals surface area contributed by atoms with Crippen molar-refractivity contribution < 1.29 is 9.53 Å². The number of amides is 1. The van der Waals surface area contributed by atoms with Gasteiger partial charge < -0.3 is 25.6 Å². The highest BCUT2D eigenvalue weighted by Crippen LogP contribution is 2.33. The number of carbonyl (C=O) groups excluding carboxylic acids is 1. The van der Waals surface area contributed by atoms with Crippen LogP contribution in [-0.4, -0.2) is 48.7 Å². The highest BCUT2D eigenvalue weighted by Gasteiger charge is 2.32. The van der Waals surface area contributed by atoms with E-state index in [0.717, 1.165) is 36.6 Å². The molecule has 1 amide bonds. The van der Waals surface area contributed by atoms with Gasteiger partial charge in [0.05, 0.1) is 11.6 Å². The molecule has 0 saturated carbocycles. The Hall–Kier alpha value is -3.58. The van der Waals surface area contributed by atoms with Gasteiger partial charge in [0.2, 0.25) is 0 Å². The number of hydrogen-bond acceptors (Lipinski definition) is 6. The number of carbonyl (C=O) groups is 1. The molecule has 0 radical (unpaired) electrons. The lowest BCUT2D eigenvalue weighted by molar-refractivity contribution is 0.0915. The molecule has 4 aliphatic rings. The molecule has 3 fully saturated rings. The molecule has 3 aromatic rings. The summed E-state index contributed by atoms with van der Waals surface area (Å²) in [6.45, 7) is 3.29. The molecule has 2 bridgehead atoms. The fraction of sp³-hybridized carbons (Fsp3) is 0.379. The SMILES string of the molecule is O=C(N[C@H]1COc2cc(N3CC4CCCC3CN4)ccc2C1)c1ccc(NCc2ccccc2)nc1. The molecule has 1 aromatic heterocycles. The summed E-state index contributed by atoms with van der Waals surface area (Å²) in [5.41, 5.74) is 4.13. The van der Waals surface area contributed by atoms with Crippen LogP contribution < -0.4 is 25.6 Å². The van der Waals surface area contributed by atoms with Crippen LogP contribution in [0.3, 0.4) is 0 Å². The van der Waals surface area contributed by atoms with Crippen molar-refractivity contribution >= 4 is 17.4 Å². The molecular formula is C29H33N5O2. The van der Waals surface area contributed by atoms with E-state index in [2.05, 4.69) is 56.2 Å². The van der Waals surface area contributed by atoms with Gasteiger partial charge in [-0.05, 0) is 55.0 Å². The van der Waals surface area contributed by atoms with E-state index in [1.807, 2.05) is 30.3 Å². The highest BCUT2D eigenvalue weighted by molar-refractivity contribution is 5.94. The Morgan fingerprint density at radius 2 is 2.03 bits per heavy atom. The summed E-state index contributed by atoms with van der Waals surface area (Å²) in [6.07, 6.45) is 6.19. The monoisotopic (exact) mass is 483 g/mol. The largest absolute Gasteiger partial charge is 0.491 e. The first-order valence-electron chi connectivity index (χ1n) is 13.0. The van der Waals surface area contributed by atoms with Crippen LogP contribution in [0.25, 0.3) is 0 Å². The van der Waals surface area contributed by atoms with E-state index in [4.69, 9.17) is 4.74 Å². The smallest absolute Gasteiger partial charge is 0.253 e. The summed E-state index contributed by atoms with van der Waals surface area (Å²) in [7, 11) is 0. The molecular weight excluding hydrogens is 450 g/mol. The van der Waals surface area contributed by atoms with Crippen LogP contribution in [0, 0.1) is 0 Å². The zero-order valence-electron chi connectivity index (χ0n) is 20.5. The van der Waals surface area contributed by atoms with Gasteiger partial charge in [-0.1, -0.05) is 36.4 Å². The van der Waals surface area contributed by atoms with Crippen molar-refractivity contribution in [3.05, 3.63) is 83.6 Å². The van der Waals surface area contributed by atoms with Crippen molar-refractivity contribution in [3.8, 4) is 5.75 Å². The van der Waals surface area contributed by atoms with Crippen LogP contribution in [-0.2, 0) is 13.0 Å². The van der Waals surface area contributed by atoms with Gasteiger partial charge in [0.1, 0.15) is 18.2 Å². The zero-order chi connectivity index (χ0) is 24.3. The third kappa shape index (κ3) is 5.02. The fourth-order valence-corrected chi connectivity index (χ4v) is 5.55. The molecule has 3 atom stereocenters. The zero-order valence-corrected chi connectivity index (χ0v) is 20.5. The lowest BCUT2D eigenvalue weighted by Gasteiger charge is -2.39. The summed E-state index contributed by atoms with van der Waals surface area (Å²) in [5.74, 6) is 1.56. The molecule has 0 aliphatic carbocycles. The molecule has 7 heteroatoms. The Balaban J connectivity index is 1.05. The average Bonchev–Trinajstić information content (AvgIpc) is 3.29. The average molecular weight is 484 g/mol.